The molecule has 2 aromatic heterocycles. The molecule has 0 aromatic carbocycles. The van der Waals surface area contributed by atoms with E-state index in [2.05, 4.69) is 12.1 Å². The van der Waals surface area contributed by atoms with Gasteiger partial charge < -0.3 is 0 Å². The molecular weight excluding hydrogens is 264 g/mol. The molecule has 18 heavy (non-hydrogen) atoms. The molecule has 0 N–H and O–H groups in total. The zero-order valence-corrected chi connectivity index (χ0v) is 12.1. The van der Waals surface area contributed by atoms with Gasteiger partial charge in [0.15, 0.2) is 0 Å². The lowest BCUT2D eigenvalue weighted by Crippen LogP contribution is -2.41. The standard InChI is InChI=1S/C13H16N2OS2/c1-14(2)13(16)15(9-11-5-3-7-17-11)10-12-6-4-8-18-12/h3-8H,9-10H2,1-2H3/q+1. The van der Waals surface area contributed by atoms with Crippen molar-refractivity contribution in [3.8, 4) is 0 Å². The van der Waals surface area contributed by atoms with Crippen LogP contribution in [0.3, 0.4) is 0 Å². The van der Waals surface area contributed by atoms with Crippen LogP contribution in [0.25, 0.3) is 0 Å². The Labute approximate surface area is 115 Å². The smallest absolute Gasteiger partial charge is 0.278 e. The first-order valence-corrected chi connectivity index (χ1v) is 7.43. The molecule has 95 valence electrons. The third-order valence-electron chi connectivity index (χ3n) is 2.51. The molecule has 2 amide bonds. The van der Waals surface area contributed by atoms with Crippen molar-refractivity contribution in [2.24, 2.45) is 0 Å². The first-order chi connectivity index (χ1) is 8.66. The Morgan fingerprint density at radius 3 is 1.94 bits per heavy atom. The molecule has 0 bridgehead atoms. The number of nitrogens with zero attached hydrogens (tertiary/aromatic N) is 2. The van der Waals surface area contributed by atoms with Crippen molar-refractivity contribution in [3.63, 3.8) is 0 Å². The van der Waals surface area contributed by atoms with Crippen LogP contribution in [0.1, 0.15) is 9.75 Å². The number of amides is 2. The lowest BCUT2D eigenvalue weighted by atomic mass is 10.4. The molecule has 1 radical (unpaired) electrons. The van der Waals surface area contributed by atoms with E-state index in [0.717, 1.165) is 0 Å². The Balaban J connectivity index is 2.09. The number of urea groups is 1. The molecule has 0 saturated carbocycles. The monoisotopic (exact) mass is 280 g/mol. The Morgan fingerprint density at radius 1 is 1.11 bits per heavy atom. The first kappa shape index (κ1) is 13.3. The van der Waals surface area contributed by atoms with E-state index in [1.165, 1.54) is 9.75 Å². The summed E-state index contributed by atoms with van der Waals surface area (Å²) in [6, 6.07) is 8.22. The van der Waals surface area contributed by atoms with Crippen molar-refractivity contribution < 1.29 is 4.79 Å². The molecule has 0 saturated heterocycles. The summed E-state index contributed by atoms with van der Waals surface area (Å²) in [6.45, 7) is 1.35. The average Bonchev–Trinajstić information content (AvgIpc) is 2.99. The van der Waals surface area contributed by atoms with Crippen LogP contribution in [0.5, 0.6) is 0 Å². The minimum absolute atomic E-state index is 0.0526. The molecule has 5 heteroatoms. The van der Waals surface area contributed by atoms with Gasteiger partial charge in [-0.05, 0) is 22.9 Å². The summed E-state index contributed by atoms with van der Waals surface area (Å²) in [6.07, 6.45) is 0. The predicted molar refractivity (Wildman–Crippen MR) is 77.3 cm³/mol. The Hall–Kier alpha value is -1.17. The molecule has 0 fully saturated rings. The zero-order chi connectivity index (χ0) is 13.0. The van der Waals surface area contributed by atoms with Crippen molar-refractivity contribution in [1.29, 1.82) is 0 Å². The first-order valence-electron chi connectivity index (χ1n) is 5.68. The Morgan fingerprint density at radius 2 is 1.61 bits per heavy atom. The molecule has 0 atom stereocenters. The molecule has 0 aliphatic heterocycles. The van der Waals surface area contributed by atoms with Crippen molar-refractivity contribution >= 4 is 28.7 Å². The normalized spacial score (nSPS) is 10.8. The maximum absolute atomic E-state index is 12.2. The summed E-state index contributed by atoms with van der Waals surface area (Å²) in [4.78, 5) is 18.1. The fourth-order valence-electron chi connectivity index (χ4n) is 1.66. The van der Waals surface area contributed by atoms with Gasteiger partial charge in [-0.15, -0.1) is 22.7 Å². The predicted octanol–water partition coefficient (Wildman–Crippen LogP) is 3.33. The summed E-state index contributed by atoms with van der Waals surface area (Å²) < 4.78 is 0. The lowest BCUT2D eigenvalue weighted by Gasteiger charge is -2.18. The largest absolute Gasteiger partial charge is 0.467 e. The average molecular weight is 280 g/mol. The quantitative estimate of drug-likeness (QED) is 0.789. The molecule has 0 spiro atoms. The van der Waals surface area contributed by atoms with Crippen LogP contribution < -0.4 is 4.90 Å². The summed E-state index contributed by atoms with van der Waals surface area (Å²) in [5, 5.41) is 4.08. The van der Waals surface area contributed by atoms with Crippen LogP contribution in [-0.2, 0) is 13.1 Å². The summed E-state index contributed by atoms with van der Waals surface area (Å²) in [5.74, 6) is 0. The van der Waals surface area contributed by atoms with Crippen LogP contribution in [0, 0.1) is 0 Å². The second-order valence-electron chi connectivity index (χ2n) is 4.19. The van der Waals surface area contributed by atoms with E-state index in [1.54, 1.807) is 41.7 Å². The van der Waals surface area contributed by atoms with E-state index in [4.69, 9.17) is 0 Å². The molecule has 0 aliphatic carbocycles. The number of carbonyl (C=O) groups is 1. The Kier molecular flexibility index (Phi) is 4.52. The van der Waals surface area contributed by atoms with Gasteiger partial charge in [-0.1, -0.05) is 17.0 Å². The van der Waals surface area contributed by atoms with E-state index in [0.29, 0.717) is 13.1 Å². The van der Waals surface area contributed by atoms with Crippen molar-refractivity contribution in [3.05, 3.63) is 44.8 Å². The minimum Gasteiger partial charge on any atom is -0.278 e. The number of rotatable bonds is 4. The van der Waals surface area contributed by atoms with Gasteiger partial charge in [0.25, 0.3) is 0 Å². The SMILES string of the molecule is C[N+](C)C(=O)N(Cc1cccs1)Cc1cccs1. The summed E-state index contributed by atoms with van der Waals surface area (Å²) >= 11 is 3.37. The van der Waals surface area contributed by atoms with Crippen molar-refractivity contribution in [1.82, 2.24) is 9.80 Å². The molecule has 2 aromatic rings. The highest BCUT2D eigenvalue weighted by Gasteiger charge is 2.25. The van der Waals surface area contributed by atoms with Crippen molar-refractivity contribution in [2.75, 3.05) is 14.1 Å². The molecule has 2 heterocycles. The van der Waals surface area contributed by atoms with Gasteiger partial charge in [-0.3, -0.25) is 4.90 Å². The van der Waals surface area contributed by atoms with Gasteiger partial charge in [-0.2, -0.15) is 0 Å². The molecular formula is C13H16N2OS2+. The number of hydrogen-bond donors (Lipinski definition) is 0. The molecule has 0 aliphatic rings. The number of carbonyl (C=O) groups excluding carboxylic acids is 1. The number of hydrogen-bond acceptors (Lipinski definition) is 3. The highest BCUT2D eigenvalue weighted by atomic mass is 32.1. The molecule has 3 nitrogen and oxygen atoms in total. The molecule has 2 rings (SSSR count). The van der Waals surface area contributed by atoms with E-state index >= 15 is 0 Å². The fourth-order valence-corrected chi connectivity index (χ4v) is 3.09. The van der Waals surface area contributed by atoms with E-state index < -0.39 is 0 Å². The maximum Gasteiger partial charge on any atom is 0.467 e. The van der Waals surface area contributed by atoms with E-state index in [9.17, 15) is 4.79 Å². The third kappa shape index (κ3) is 3.41. The van der Waals surface area contributed by atoms with Gasteiger partial charge in [-0.25, -0.2) is 4.79 Å². The Bertz CT molecular complexity index is 441. The van der Waals surface area contributed by atoms with Gasteiger partial charge in [0, 0.05) is 9.75 Å². The second kappa shape index (κ2) is 6.13. The van der Waals surface area contributed by atoms with Crippen LogP contribution in [0.15, 0.2) is 35.0 Å². The van der Waals surface area contributed by atoms with Crippen molar-refractivity contribution in [2.45, 2.75) is 13.1 Å². The fraction of sp³-hybridized carbons (Fsp3) is 0.308. The van der Waals surface area contributed by atoms with E-state index in [-0.39, 0.29) is 6.03 Å². The highest BCUT2D eigenvalue weighted by Crippen LogP contribution is 2.17. The summed E-state index contributed by atoms with van der Waals surface area (Å²) in [7, 11) is 3.58. The van der Waals surface area contributed by atoms with Gasteiger partial charge in [0.1, 0.15) is 14.1 Å². The minimum atomic E-state index is 0.0526. The number of thiophene rings is 2. The van der Waals surface area contributed by atoms with Gasteiger partial charge in [0.05, 0.1) is 13.1 Å². The van der Waals surface area contributed by atoms with Crippen LogP contribution >= 0.6 is 22.7 Å². The molecule has 0 unspecified atom stereocenters. The topological polar surface area (TPSA) is 26.2 Å². The zero-order valence-electron chi connectivity index (χ0n) is 10.5. The lowest BCUT2D eigenvalue weighted by molar-refractivity contribution is 0.183. The second-order valence-corrected chi connectivity index (χ2v) is 6.26. The van der Waals surface area contributed by atoms with Gasteiger partial charge >= 0.3 is 6.03 Å². The third-order valence-corrected chi connectivity index (χ3v) is 4.23. The van der Waals surface area contributed by atoms with E-state index in [1.807, 2.05) is 27.8 Å². The van der Waals surface area contributed by atoms with Crippen LogP contribution in [-0.4, -0.2) is 25.0 Å². The maximum atomic E-state index is 12.2. The van der Waals surface area contributed by atoms with Gasteiger partial charge in [0.2, 0.25) is 0 Å². The van der Waals surface area contributed by atoms with Crippen LogP contribution in [0.4, 0.5) is 4.79 Å². The highest BCUT2D eigenvalue weighted by molar-refractivity contribution is 7.10. The van der Waals surface area contributed by atoms with Crippen LogP contribution in [0.2, 0.25) is 0 Å². The summed E-state index contributed by atoms with van der Waals surface area (Å²) in [5.41, 5.74) is 0.